The van der Waals surface area contributed by atoms with E-state index in [1.165, 1.54) is 205 Å². The lowest BCUT2D eigenvalue weighted by Crippen LogP contribution is -2.38. The minimum atomic E-state index is -1.06. The topological polar surface area (TPSA) is 149 Å². The Hall–Kier alpha value is -2.12. The summed E-state index contributed by atoms with van der Waals surface area (Å²) in [5.41, 5.74) is -1.56. The maximum absolute atomic E-state index is 13.5. The van der Waals surface area contributed by atoms with Gasteiger partial charge in [0.2, 0.25) is 0 Å². The molecule has 0 aromatic carbocycles. The second-order valence-corrected chi connectivity index (χ2v) is 31.4. The highest BCUT2D eigenvalue weighted by Crippen LogP contribution is 2.48. The molecular weight excluding hydrogens is 1110 g/mol. The Morgan fingerprint density at radius 3 is 0.422 bits per heavy atom. The minimum absolute atomic E-state index is 0.129. The van der Waals surface area contributed by atoms with Crippen molar-refractivity contribution in [2.75, 3.05) is 0 Å². The number of hydrogen-bond donors (Lipinski definition) is 4. The fourth-order valence-corrected chi connectivity index (χ4v) is 14.0. The van der Waals surface area contributed by atoms with Gasteiger partial charge in [-0.05, 0) is 114 Å². The van der Waals surface area contributed by atoms with E-state index in [1.807, 2.05) is 0 Å². The standard InChI is InChI=1S/C77H148O8.C5H8/c1-65(2)53-45-37-29-21-13-9-17-25-33-41-49-57-69(73(78)79)61-77(62-70(74(80)81)58-50-42-34-26-18-10-14-22-30-38-46-54-66(3)4,63-71(75(82)83)59-51-43-35-27-19-11-15-23-31-39-47-55-67(5)6)64-72(76(84)85)60-52-44-36-28-20-12-16-24-32-40-48-56-68(7)8;1-5(2,3)4/h65-72H,9-64H2,1-8H3,(H,78,79)(H,80,81)(H,82,83)(H,84,85);1-4H2. The number of aliphatic carboxylic acids is 4. The van der Waals surface area contributed by atoms with Gasteiger partial charge in [-0.2, -0.15) is 0 Å². The third kappa shape index (κ3) is 64.6. The molecule has 532 valence electrons. The average molecular weight is 1270 g/mol. The molecule has 0 amide bonds. The summed E-state index contributed by atoms with van der Waals surface area (Å²) in [6.07, 6.45) is 58.8. The predicted octanol–water partition coefficient (Wildman–Crippen LogP) is 26.6. The van der Waals surface area contributed by atoms with E-state index in [-0.39, 0.29) is 25.7 Å². The highest BCUT2D eigenvalue weighted by molar-refractivity contribution is 5.73. The van der Waals surface area contributed by atoms with Crippen LogP contribution in [0.5, 0.6) is 0 Å². The van der Waals surface area contributed by atoms with Crippen LogP contribution in [0.15, 0.2) is 0 Å². The Labute approximate surface area is 561 Å². The van der Waals surface area contributed by atoms with Gasteiger partial charge in [-0.3, -0.25) is 19.2 Å². The average Bonchev–Trinajstić information content (AvgIpc) is 1.06. The van der Waals surface area contributed by atoms with Gasteiger partial charge < -0.3 is 20.4 Å². The summed E-state index contributed by atoms with van der Waals surface area (Å²) >= 11 is 0. The molecule has 0 aromatic rings. The van der Waals surface area contributed by atoms with Crippen molar-refractivity contribution in [3.05, 3.63) is 27.7 Å². The van der Waals surface area contributed by atoms with Gasteiger partial charge in [-0.1, -0.05) is 364 Å². The van der Waals surface area contributed by atoms with Gasteiger partial charge in [0.15, 0.2) is 0 Å². The predicted molar refractivity (Wildman–Crippen MR) is 389 cm³/mol. The molecule has 4 N–H and O–H groups in total. The van der Waals surface area contributed by atoms with Crippen LogP contribution in [0.4, 0.5) is 0 Å². The molecule has 0 rings (SSSR count). The summed E-state index contributed by atoms with van der Waals surface area (Å²) in [5.74, 6) is -3.77. The fourth-order valence-electron chi connectivity index (χ4n) is 14.0. The molecule has 4 unspecified atom stereocenters. The zero-order valence-electron chi connectivity index (χ0n) is 61.5. The normalized spacial score (nSPS) is 14.0. The molecule has 90 heavy (non-hydrogen) atoms. The summed E-state index contributed by atoms with van der Waals surface area (Å²) in [4.78, 5) is 54.0. The molecule has 8 nitrogen and oxygen atoms in total. The Balaban J connectivity index is 0. The van der Waals surface area contributed by atoms with Gasteiger partial charge in [0.25, 0.3) is 0 Å². The van der Waals surface area contributed by atoms with Crippen molar-refractivity contribution in [1.29, 1.82) is 0 Å². The van der Waals surface area contributed by atoms with E-state index in [9.17, 15) is 39.6 Å². The smallest absolute Gasteiger partial charge is 0.306 e. The Kier molecular flexibility index (Phi) is 61.7. The van der Waals surface area contributed by atoms with E-state index in [0.29, 0.717) is 25.7 Å². The molecule has 0 heterocycles. The SMILES string of the molecule is CC(C)CCCCCCCCCCCCCC(CC(CC(CCCCCCCCCCCCCC(C)C)C(=O)O)(CC(CCCCCCCCCCCCCC(C)C)C(=O)O)CC(CCCCCCCCCCCCCC(C)C)C(=O)O)C(=O)O.[CH2]C([CH2])([CH2])[CH2]. The van der Waals surface area contributed by atoms with Crippen LogP contribution in [-0.4, -0.2) is 44.3 Å². The summed E-state index contributed by atoms with van der Waals surface area (Å²) in [5, 5.41) is 44.2. The molecule has 4 atom stereocenters. The van der Waals surface area contributed by atoms with Gasteiger partial charge in [-0.25, -0.2) is 0 Å². The Morgan fingerprint density at radius 2 is 0.322 bits per heavy atom. The number of unbranched alkanes of at least 4 members (excludes halogenated alkanes) is 40. The van der Waals surface area contributed by atoms with E-state index in [1.54, 1.807) is 0 Å². The van der Waals surface area contributed by atoms with Gasteiger partial charge >= 0.3 is 23.9 Å². The molecule has 4 radical (unpaired) electrons. The molecule has 0 fully saturated rings. The third-order valence-electron chi connectivity index (χ3n) is 19.5. The Morgan fingerprint density at radius 1 is 0.222 bits per heavy atom. The molecule has 8 heteroatoms. The van der Waals surface area contributed by atoms with Gasteiger partial charge in [0.1, 0.15) is 0 Å². The molecule has 0 aliphatic rings. The van der Waals surface area contributed by atoms with Crippen molar-refractivity contribution in [2.45, 2.75) is 415 Å². The summed E-state index contributed by atoms with van der Waals surface area (Å²) in [7, 11) is 0. The van der Waals surface area contributed by atoms with Crippen LogP contribution < -0.4 is 0 Å². The van der Waals surface area contributed by atoms with Crippen LogP contribution in [-0.2, 0) is 19.2 Å². The summed E-state index contributed by atoms with van der Waals surface area (Å²) in [6.45, 7) is 32.1. The highest BCUT2D eigenvalue weighted by Gasteiger charge is 2.44. The quantitative estimate of drug-likeness (QED) is 0.0440. The molecule has 0 aliphatic carbocycles. The van der Waals surface area contributed by atoms with Crippen LogP contribution in [0, 0.1) is 85.9 Å². The maximum atomic E-state index is 13.5. The molecule has 0 aliphatic heterocycles. The van der Waals surface area contributed by atoms with Crippen molar-refractivity contribution < 1.29 is 39.6 Å². The molecule has 0 aromatic heterocycles. The first kappa shape index (κ1) is 89.9. The van der Waals surface area contributed by atoms with Crippen molar-refractivity contribution >= 4 is 23.9 Å². The minimum Gasteiger partial charge on any atom is -0.481 e. The lowest BCUT2D eigenvalue weighted by molar-refractivity contribution is -0.148. The Bertz CT molecular complexity index is 1370. The molecule has 0 saturated carbocycles. The van der Waals surface area contributed by atoms with Gasteiger partial charge in [-0.15, -0.1) is 0 Å². The van der Waals surface area contributed by atoms with E-state index in [0.717, 1.165) is 126 Å². The first-order valence-electron chi connectivity index (χ1n) is 39.2. The van der Waals surface area contributed by atoms with Crippen LogP contribution in [0.2, 0.25) is 0 Å². The molecule has 0 bridgehead atoms. The number of rotatable bonds is 68. The lowest BCUT2D eigenvalue weighted by Gasteiger charge is -2.41. The number of carbonyl (C=O) groups is 4. The first-order valence-corrected chi connectivity index (χ1v) is 39.2. The zero-order valence-corrected chi connectivity index (χ0v) is 61.5. The summed E-state index contributed by atoms with van der Waals surface area (Å²) < 4.78 is 0. The van der Waals surface area contributed by atoms with Crippen LogP contribution in [0.1, 0.15) is 415 Å². The van der Waals surface area contributed by atoms with E-state index >= 15 is 0 Å². The van der Waals surface area contributed by atoms with Crippen molar-refractivity contribution in [3.8, 4) is 0 Å². The van der Waals surface area contributed by atoms with Gasteiger partial charge in [0, 0.05) is 0 Å². The molecule has 0 spiro atoms. The first-order chi connectivity index (χ1) is 42.9. The fraction of sp³-hybridized carbons (Fsp3) is 0.902. The van der Waals surface area contributed by atoms with Crippen molar-refractivity contribution in [1.82, 2.24) is 0 Å². The number of carboxylic acid groups (broad SMARTS) is 4. The summed E-state index contributed by atoms with van der Waals surface area (Å²) in [6, 6.07) is 0. The maximum Gasteiger partial charge on any atom is 0.306 e. The molecular formula is C82H156O8. The van der Waals surface area contributed by atoms with Gasteiger partial charge in [0.05, 0.1) is 23.7 Å². The van der Waals surface area contributed by atoms with E-state index in [2.05, 4.69) is 83.1 Å². The van der Waals surface area contributed by atoms with Crippen LogP contribution in [0.3, 0.4) is 0 Å². The number of hydrogen-bond acceptors (Lipinski definition) is 4. The molecule has 0 saturated heterocycles. The zero-order chi connectivity index (χ0) is 67.5. The largest absolute Gasteiger partial charge is 0.481 e. The van der Waals surface area contributed by atoms with E-state index < -0.39 is 58.4 Å². The van der Waals surface area contributed by atoms with Crippen molar-refractivity contribution in [3.63, 3.8) is 0 Å². The van der Waals surface area contributed by atoms with E-state index in [4.69, 9.17) is 0 Å². The number of carboxylic acids is 4. The lowest BCUT2D eigenvalue weighted by atomic mass is 9.62. The second kappa shape index (κ2) is 61.7. The second-order valence-electron chi connectivity index (χ2n) is 31.4. The monoisotopic (exact) mass is 1270 g/mol. The third-order valence-corrected chi connectivity index (χ3v) is 19.5. The van der Waals surface area contributed by atoms with Crippen LogP contribution in [0.25, 0.3) is 0 Å². The highest BCUT2D eigenvalue weighted by atomic mass is 16.4. The van der Waals surface area contributed by atoms with Crippen molar-refractivity contribution in [2.24, 2.45) is 58.2 Å². The van der Waals surface area contributed by atoms with Crippen LogP contribution >= 0.6 is 0 Å².